The number of nitrogens with zero attached hydrogens (tertiary/aromatic N) is 8. The summed E-state index contributed by atoms with van der Waals surface area (Å²) in [6, 6.07) is 29.9. The zero-order chi connectivity index (χ0) is 29.9. The van der Waals surface area contributed by atoms with Crippen molar-refractivity contribution in [3.63, 3.8) is 0 Å². The Balaban J connectivity index is 1.11. The number of pyridine rings is 6. The fourth-order valence-corrected chi connectivity index (χ4v) is 5.73. The van der Waals surface area contributed by atoms with E-state index >= 15 is 0 Å². The van der Waals surface area contributed by atoms with Gasteiger partial charge < -0.3 is 0 Å². The van der Waals surface area contributed by atoms with Gasteiger partial charge in [0.15, 0.2) is 15.7 Å². The van der Waals surface area contributed by atoms with E-state index in [1.54, 1.807) is 24.5 Å². The van der Waals surface area contributed by atoms with E-state index in [0.29, 0.717) is 44.1 Å². The van der Waals surface area contributed by atoms with Crippen LogP contribution in [0.5, 0.6) is 0 Å². The van der Waals surface area contributed by atoms with Crippen molar-refractivity contribution in [2.45, 2.75) is 0 Å². The molecule has 0 unspecified atom stereocenters. The van der Waals surface area contributed by atoms with Crippen molar-refractivity contribution in [1.82, 2.24) is 40.1 Å². The zero-order valence-electron chi connectivity index (χ0n) is 22.8. The van der Waals surface area contributed by atoms with Crippen molar-refractivity contribution in [2.24, 2.45) is 0 Å². The van der Waals surface area contributed by atoms with Gasteiger partial charge in [0.25, 0.3) is 0 Å². The van der Waals surface area contributed by atoms with E-state index in [-0.39, 0.29) is 10.1 Å². The fraction of sp³-hybridized carbons (Fsp3) is 0. The molecule has 0 fully saturated rings. The molecular weight excluding hydrogens is 589 g/mol. The first-order valence-electron chi connectivity index (χ1n) is 13.4. The lowest BCUT2D eigenvalue weighted by atomic mass is 10.2. The third-order valence-corrected chi connectivity index (χ3v) is 8.23. The summed E-state index contributed by atoms with van der Waals surface area (Å²) in [4.78, 5) is 27.4. The second-order valence-electron chi connectivity index (χ2n) is 9.36. The number of fused-ring (bicyclic) bond motifs is 1. The molecule has 12 heteroatoms. The molecule has 7 aromatic heterocycles. The summed E-state index contributed by atoms with van der Waals surface area (Å²) in [6.45, 7) is 0. The molecule has 0 spiro atoms. The first-order chi connectivity index (χ1) is 21.6. The highest BCUT2D eigenvalue weighted by molar-refractivity contribution is 8.27. The Morgan fingerprint density at radius 1 is 0.500 bits per heavy atom. The smallest absolute Gasteiger partial charge is 0.166 e. The van der Waals surface area contributed by atoms with Gasteiger partial charge in [-0.1, -0.05) is 35.6 Å². The van der Waals surface area contributed by atoms with Gasteiger partial charge in [-0.2, -0.15) is 0 Å². The molecule has 0 bridgehead atoms. The maximum Gasteiger partial charge on any atom is 0.166 e. The van der Waals surface area contributed by atoms with Crippen LogP contribution >= 0.6 is 23.1 Å². The molecular formula is C32H20N10S2. The molecule has 0 aliphatic heterocycles. The molecule has 0 aliphatic rings. The molecule has 0 atom stereocenters. The first kappa shape index (κ1) is 27.3. The number of hydrogen-bond donors (Lipinski definition) is 2. The molecule has 7 heterocycles. The van der Waals surface area contributed by atoms with Crippen molar-refractivity contribution in [3.8, 4) is 44.2 Å². The molecule has 0 amide bonds. The highest BCUT2D eigenvalue weighted by Gasteiger charge is 2.16. The molecule has 0 saturated carbocycles. The second-order valence-corrected chi connectivity index (χ2v) is 11.4. The van der Waals surface area contributed by atoms with Gasteiger partial charge in [-0.3, -0.25) is 20.8 Å². The third-order valence-electron chi connectivity index (χ3n) is 6.44. The summed E-state index contributed by atoms with van der Waals surface area (Å²) in [6.07, 6.45) is 3.44. The van der Waals surface area contributed by atoms with Gasteiger partial charge in [0.1, 0.15) is 21.5 Å². The van der Waals surface area contributed by atoms with Crippen LogP contribution in [0.25, 0.3) is 55.2 Å². The minimum atomic E-state index is 0.117. The standard InChI is InChI=1S/C32H20N10S2/c33-28(24-11-5-9-22(37-24)20-7-1-3-17-35-20)43-29(34)25-15-13-19-14-16-27(40-30(19)39-25)32-42-41-31(44-32)26-12-6-10-23(38-26)21-8-2-4-18-36-21/h1-18,33-34H. The van der Waals surface area contributed by atoms with Crippen molar-refractivity contribution < 1.29 is 0 Å². The average molecular weight is 609 g/mol. The maximum atomic E-state index is 8.66. The van der Waals surface area contributed by atoms with E-state index in [4.69, 9.17) is 20.8 Å². The van der Waals surface area contributed by atoms with Crippen LogP contribution in [0, 0.1) is 10.8 Å². The highest BCUT2D eigenvalue weighted by Crippen LogP contribution is 2.30. The van der Waals surface area contributed by atoms with Crippen LogP contribution in [-0.2, 0) is 0 Å². The van der Waals surface area contributed by atoms with E-state index < -0.39 is 0 Å². The zero-order valence-corrected chi connectivity index (χ0v) is 24.4. The maximum absolute atomic E-state index is 8.66. The largest absolute Gasteiger partial charge is 0.292 e. The molecule has 7 aromatic rings. The molecule has 0 radical (unpaired) electrons. The number of rotatable bonds is 6. The van der Waals surface area contributed by atoms with E-state index in [9.17, 15) is 0 Å². The van der Waals surface area contributed by atoms with Crippen LogP contribution in [0.4, 0.5) is 0 Å². The molecule has 10 nitrogen and oxygen atoms in total. The lowest BCUT2D eigenvalue weighted by Gasteiger charge is -2.07. The molecule has 0 aliphatic carbocycles. The third kappa shape index (κ3) is 5.71. The van der Waals surface area contributed by atoms with Crippen molar-refractivity contribution in [3.05, 3.63) is 121 Å². The van der Waals surface area contributed by atoms with Gasteiger partial charge in [0.05, 0.1) is 34.2 Å². The van der Waals surface area contributed by atoms with Gasteiger partial charge in [-0.25, -0.2) is 19.9 Å². The van der Waals surface area contributed by atoms with Gasteiger partial charge in [0.2, 0.25) is 0 Å². The summed E-state index contributed by atoms with van der Waals surface area (Å²) in [7, 11) is 0. The Bertz CT molecular complexity index is 2150. The number of thioether (sulfide) groups is 1. The summed E-state index contributed by atoms with van der Waals surface area (Å²) in [5, 5.41) is 28.4. The minimum Gasteiger partial charge on any atom is -0.292 e. The molecule has 210 valence electrons. The molecule has 44 heavy (non-hydrogen) atoms. The van der Waals surface area contributed by atoms with E-state index in [1.807, 2.05) is 84.9 Å². The van der Waals surface area contributed by atoms with Crippen LogP contribution in [0.15, 0.2) is 109 Å². The number of aromatic nitrogens is 8. The van der Waals surface area contributed by atoms with Crippen LogP contribution in [-0.4, -0.2) is 50.2 Å². The van der Waals surface area contributed by atoms with Crippen molar-refractivity contribution in [2.75, 3.05) is 0 Å². The normalized spacial score (nSPS) is 11.0. The van der Waals surface area contributed by atoms with Gasteiger partial charge >= 0.3 is 0 Å². The van der Waals surface area contributed by atoms with E-state index in [2.05, 4.69) is 30.1 Å². The molecule has 0 saturated heterocycles. The average Bonchev–Trinajstić information content (AvgIpc) is 3.59. The SMILES string of the molecule is N=C(SC(=N)c1ccc2ccc(-c3nnc(-c4cccc(-c5ccccn5)n4)s3)nc2n1)c1cccc(-c2ccccn2)n1. The Morgan fingerprint density at radius 2 is 1.07 bits per heavy atom. The Labute approximate surface area is 259 Å². The summed E-state index contributed by atoms with van der Waals surface area (Å²) >= 11 is 2.37. The van der Waals surface area contributed by atoms with Gasteiger partial charge in [-0.15, -0.1) is 10.2 Å². The molecule has 7 rings (SSSR count). The summed E-state index contributed by atoms with van der Waals surface area (Å²) < 4.78 is 0. The monoisotopic (exact) mass is 608 g/mol. The van der Waals surface area contributed by atoms with E-state index in [0.717, 1.165) is 34.2 Å². The topological polar surface area (TPSA) is 151 Å². The molecule has 2 N–H and O–H groups in total. The predicted molar refractivity (Wildman–Crippen MR) is 174 cm³/mol. The lowest BCUT2D eigenvalue weighted by Crippen LogP contribution is -2.06. The van der Waals surface area contributed by atoms with Crippen LogP contribution in [0.3, 0.4) is 0 Å². The van der Waals surface area contributed by atoms with Crippen molar-refractivity contribution in [1.29, 1.82) is 10.8 Å². The predicted octanol–water partition coefficient (Wildman–Crippen LogP) is 6.81. The Kier molecular flexibility index (Phi) is 7.41. The quantitative estimate of drug-likeness (QED) is 0.153. The van der Waals surface area contributed by atoms with E-state index in [1.165, 1.54) is 11.3 Å². The lowest BCUT2D eigenvalue weighted by molar-refractivity contribution is 1.08. The summed E-state index contributed by atoms with van der Waals surface area (Å²) in [5.74, 6) is 0. The van der Waals surface area contributed by atoms with Crippen LogP contribution < -0.4 is 0 Å². The number of hydrogen-bond acceptors (Lipinski definition) is 12. The van der Waals surface area contributed by atoms with Crippen molar-refractivity contribution >= 4 is 44.2 Å². The van der Waals surface area contributed by atoms with Crippen LogP contribution in [0.1, 0.15) is 11.4 Å². The first-order valence-corrected chi connectivity index (χ1v) is 15.0. The Morgan fingerprint density at radius 3 is 1.75 bits per heavy atom. The fourth-order valence-electron chi connectivity index (χ4n) is 4.31. The Hall–Kier alpha value is -5.59. The van der Waals surface area contributed by atoms with Crippen LogP contribution in [0.2, 0.25) is 0 Å². The highest BCUT2D eigenvalue weighted by atomic mass is 32.2. The van der Waals surface area contributed by atoms with Gasteiger partial charge in [-0.05, 0) is 84.6 Å². The molecule has 0 aromatic carbocycles. The second kappa shape index (κ2) is 12.0. The number of nitrogens with one attached hydrogen (secondary N) is 2. The van der Waals surface area contributed by atoms with Gasteiger partial charge in [0, 0.05) is 17.8 Å². The minimum absolute atomic E-state index is 0.117. The summed E-state index contributed by atoms with van der Waals surface area (Å²) in [5.41, 5.74) is 5.58.